The summed E-state index contributed by atoms with van der Waals surface area (Å²) in [6.45, 7) is 0.537. The fourth-order valence-electron chi connectivity index (χ4n) is 1.93. The van der Waals surface area contributed by atoms with Crippen molar-refractivity contribution >= 4 is 24.0 Å². The van der Waals surface area contributed by atoms with Crippen LogP contribution in [0.5, 0.6) is 11.5 Å². The first-order valence-electron chi connectivity index (χ1n) is 5.43. The van der Waals surface area contributed by atoms with Gasteiger partial charge in [0.15, 0.2) is 0 Å². The molecule has 18 heavy (non-hydrogen) atoms. The van der Waals surface area contributed by atoms with Gasteiger partial charge in [-0.15, -0.1) is 12.4 Å². The van der Waals surface area contributed by atoms with Crippen molar-refractivity contribution in [3.05, 3.63) is 18.2 Å². The van der Waals surface area contributed by atoms with Crippen LogP contribution in [0.2, 0.25) is 0 Å². The highest BCUT2D eigenvalue weighted by atomic mass is 35.5. The molecule has 1 aromatic rings. The van der Waals surface area contributed by atoms with Gasteiger partial charge in [-0.25, -0.2) is 0 Å². The Labute approximate surface area is 112 Å². The SMILES string of the molecule is COc1cc(OC)cc(N2CC(N)CC2=O)c1.Cl. The second-order valence-electron chi connectivity index (χ2n) is 4.04. The standard InChI is InChI=1S/C12H16N2O3.ClH/c1-16-10-4-9(5-11(6-10)17-2)14-7-8(13)3-12(14)15;/h4-6,8H,3,7,13H2,1-2H3;1H. The summed E-state index contributed by atoms with van der Waals surface area (Å²) < 4.78 is 10.3. The summed E-state index contributed by atoms with van der Waals surface area (Å²) in [5.74, 6) is 1.35. The van der Waals surface area contributed by atoms with Gasteiger partial charge in [0, 0.05) is 37.2 Å². The Morgan fingerprint density at radius 1 is 1.22 bits per heavy atom. The average Bonchev–Trinajstić information content (AvgIpc) is 2.67. The number of nitrogens with two attached hydrogens (primary N) is 1. The molecule has 2 rings (SSSR count). The summed E-state index contributed by atoms with van der Waals surface area (Å²) in [5.41, 5.74) is 6.53. The molecule has 0 saturated carbocycles. The smallest absolute Gasteiger partial charge is 0.228 e. The zero-order valence-electron chi connectivity index (χ0n) is 10.4. The van der Waals surface area contributed by atoms with Crippen LogP contribution in [0.1, 0.15) is 6.42 Å². The third-order valence-corrected chi connectivity index (χ3v) is 2.80. The van der Waals surface area contributed by atoms with Crippen molar-refractivity contribution in [1.29, 1.82) is 0 Å². The number of halogens is 1. The lowest BCUT2D eigenvalue weighted by Gasteiger charge is -2.18. The van der Waals surface area contributed by atoms with Gasteiger partial charge in [-0.3, -0.25) is 4.79 Å². The first-order valence-corrected chi connectivity index (χ1v) is 5.43. The molecule has 6 heteroatoms. The summed E-state index contributed by atoms with van der Waals surface area (Å²) >= 11 is 0. The van der Waals surface area contributed by atoms with E-state index in [4.69, 9.17) is 15.2 Å². The number of rotatable bonds is 3. The largest absolute Gasteiger partial charge is 0.497 e. The lowest BCUT2D eigenvalue weighted by molar-refractivity contribution is -0.117. The number of hydrogen-bond acceptors (Lipinski definition) is 4. The van der Waals surface area contributed by atoms with Crippen LogP contribution in [0.25, 0.3) is 0 Å². The normalized spacial score (nSPS) is 18.5. The number of carbonyl (C=O) groups is 1. The quantitative estimate of drug-likeness (QED) is 0.898. The minimum atomic E-state index is -0.0975. The summed E-state index contributed by atoms with van der Waals surface area (Å²) in [6.07, 6.45) is 0.388. The van der Waals surface area contributed by atoms with Gasteiger partial charge < -0.3 is 20.1 Å². The van der Waals surface area contributed by atoms with Crippen molar-refractivity contribution in [3.63, 3.8) is 0 Å². The molecule has 1 unspecified atom stereocenters. The van der Waals surface area contributed by atoms with E-state index in [9.17, 15) is 4.79 Å². The van der Waals surface area contributed by atoms with Crippen LogP contribution < -0.4 is 20.1 Å². The molecule has 1 saturated heterocycles. The molecule has 1 fully saturated rings. The maximum atomic E-state index is 11.7. The first-order chi connectivity index (χ1) is 8.13. The van der Waals surface area contributed by atoms with Gasteiger partial charge in [-0.05, 0) is 0 Å². The molecule has 5 nitrogen and oxygen atoms in total. The van der Waals surface area contributed by atoms with E-state index >= 15 is 0 Å². The second-order valence-corrected chi connectivity index (χ2v) is 4.04. The highest BCUT2D eigenvalue weighted by Crippen LogP contribution is 2.30. The highest BCUT2D eigenvalue weighted by molar-refractivity contribution is 5.96. The van der Waals surface area contributed by atoms with Crippen LogP contribution in [0.15, 0.2) is 18.2 Å². The molecule has 1 heterocycles. The molecule has 1 aromatic carbocycles. The molecule has 1 aliphatic heterocycles. The Morgan fingerprint density at radius 2 is 1.78 bits per heavy atom. The van der Waals surface area contributed by atoms with Gasteiger partial charge in [0.05, 0.1) is 19.9 Å². The fourth-order valence-corrected chi connectivity index (χ4v) is 1.93. The van der Waals surface area contributed by atoms with E-state index in [1.165, 1.54) is 0 Å². The van der Waals surface area contributed by atoms with Crippen LogP contribution in [-0.4, -0.2) is 32.7 Å². The molecular formula is C12H17ClN2O3. The molecule has 0 bridgehead atoms. The Balaban J connectivity index is 0.00000162. The topological polar surface area (TPSA) is 64.8 Å². The maximum Gasteiger partial charge on any atom is 0.228 e. The van der Waals surface area contributed by atoms with Gasteiger partial charge in [0.1, 0.15) is 11.5 Å². The molecule has 1 aliphatic rings. The van der Waals surface area contributed by atoms with E-state index < -0.39 is 0 Å². The highest BCUT2D eigenvalue weighted by Gasteiger charge is 2.28. The Hall–Kier alpha value is -1.46. The van der Waals surface area contributed by atoms with E-state index in [-0.39, 0.29) is 24.4 Å². The molecule has 0 radical (unpaired) electrons. The molecule has 0 aromatic heterocycles. The van der Waals surface area contributed by atoms with Crippen molar-refractivity contribution in [2.24, 2.45) is 5.73 Å². The Morgan fingerprint density at radius 3 is 2.17 bits per heavy atom. The average molecular weight is 273 g/mol. The van der Waals surface area contributed by atoms with Crippen molar-refractivity contribution < 1.29 is 14.3 Å². The van der Waals surface area contributed by atoms with Gasteiger partial charge >= 0.3 is 0 Å². The van der Waals surface area contributed by atoms with Crippen LogP contribution in [0.3, 0.4) is 0 Å². The van der Waals surface area contributed by atoms with E-state index in [1.807, 2.05) is 0 Å². The molecule has 1 atom stereocenters. The minimum absolute atomic E-state index is 0. The molecule has 0 spiro atoms. The predicted octanol–water partition coefficient (Wildman–Crippen LogP) is 1.19. The van der Waals surface area contributed by atoms with Crippen LogP contribution in [0.4, 0.5) is 5.69 Å². The number of benzene rings is 1. The van der Waals surface area contributed by atoms with Crippen molar-refractivity contribution in [2.45, 2.75) is 12.5 Å². The second kappa shape index (κ2) is 5.93. The van der Waals surface area contributed by atoms with E-state index in [0.29, 0.717) is 24.5 Å². The molecule has 0 aliphatic carbocycles. The number of carbonyl (C=O) groups excluding carboxylic acids is 1. The van der Waals surface area contributed by atoms with Gasteiger partial charge in [0.2, 0.25) is 5.91 Å². The number of anilines is 1. The predicted molar refractivity (Wildman–Crippen MR) is 71.7 cm³/mol. The summed E-state index contributed by atoms with van der Waals surface area (Å²) in [7, 11) is 3.16. The number of amides is 1. The van der Waals surface area contributed by atoms with Crippen molar-refractivity contribution in [1.82, 2.24) is 0 Å². The third kappa shape index (κ3) is 2.86. The van der Waals surface area contributed by atoms with E-state index in [0.717, 1.165) is 5.69 Å². The van der Waals surface area contributed by atoms with E-state index in [1.54, 1.807) is 37.3 Å². The van der Waals surface area contributed by atoms with E-state index in [2.05, 4.69) is 0 Å². The molecule has 100 valence electrons. The Bertz CT molecular complexity index is 417. The lowest BCUT2D eigenvalue weighted by Crippen LogP contribution is -2.27. The third-order valence-electron chi connectivity index (χ3n) is 2.80. The monoisotopic (exact) mass is 272 g/mol. The number of hydrogen-bond donors (Lipinski definition) is 1. The number of nitrogens with zero attached hydrogens (tertiary/aromatic N) is 1. The number of ether oxygens (including phenoxy) is 2. The summed E-state index contributed by atoms with van der Waals surface area (Å²) in [5, 5.41) is 0. The lowest BCUT2D eigenvalue weighted by atomic mass is 10.2. The molecule has 1 amide bonds. The Kier molecular flexibility index (Phi) is 4.81. The maximum absolute atomic E-state index is 11.7. The van der Waals surface area contributed by atoms with Crippen molar-refractivity contribution in [3.8, 4) is 11.5 Å². The van der Waals surface area contributed by atoms with Crippen LogP contribution in [0, 0.1) is 0 Å². The van der Waals surface area contributed by atoms with Crippen LogP contribution >= 0.6 is 12.4 Å². The minimum Gasteiger partial charge on any atom is -0.497 e. The summed E-state index contributed by atoms with van der Waals surface area (Å²) in [6, 6.07) is 5.28. The zero-order chi connectivity index (χ0) is 12.4. The van der Waals surface area contributed by atoms with Gasteiger partial charge in [-0.2, -0.15) is 0 Å². The first kappa shape index (κ1) is 14.6. The van der Waals surface area contributed by atoms with Gasteiger partial charge in [0.25, 0.3) is 0 Å². The molecular weight excluding hydrogens is 256 g/mol. The number of methoxy groups -OCH3 is 2. The summed E-state index contributed by atoms with van der Waals surface area (Å²) in [4.78, 5) is 13.4. The molecule has 2 N–H and O–H groups in total. The van der Waals surface area contributed by atoms with Gasteiger partial charge in [-0.1, -0.05) is 0 Å². The van der Waals surface area contributed by atoms with Crippen molar-refractivity contribution in [2.75, 3.05) is 25.7 Å². The zero-order valence-corrected chi connectivity index (χ0v) is 11.2. The fraction of sp³-hybridized carbons (Fsp3) is 0.417. The van der Waals surface area contributed by atoms with Crippen LogP contribution in [-0.2, 0) is 4.79 Å².